The van der Waals surface area contributed by atoms with Crippen LogP contribution in [-0.2, 0) is 9.53 Å². The quantitative estimate of drug-likeness (QED) is 0.592. The van der Waals surface area contributed by atoms with Crippen LogP contribution in [0.2, 0.25) is 0 Å². The fourth-order valence-electron chi connectivity index (χ4n) is 0.921. The van der Waals surface area contributed by atoms with E-state index < -0.39 is 0 Å². The summed E-state index contributed by atoms with van der Waals surface area (Å²) in [6.07, 6.45) is 0.469. The van der Waals surface area contributed by atoms with Crippen molar-refractivity contribution >= 4 is 5.97 Å². The van der Waals surface area contributed by atoms with Crippen molar-refractivity contribution in [2.24, 2.45) is 0 Å². The second kappa shape index (κ2) is 8.01. The van der Waals surface area contributed by atoms with Crippen LogP contribution >= 0.6 is 0 Å². The van der Waals surface area contributed by atoms with E-state index in [-0.39, 0.29) is 5.97 Å². The van der Waals surface area contributed by atoms with Crippen LogP contribution in [0.5, 0.6) is 0 Å². The number of esters is 1. The van der Waals surface area contributed by atoms with Crippen LogP contribution in [0, 0.1) is 0 Å². The molecule has 0 aromatic heterocycles. The number of likely N-dealkylation sites (N-methyl/N-ethyl adjacent to an activating group) is 1. The van der Waals surface area contributed by atoms with Gasteiger partial charge in [0.05, 0.1) is 7.11 Å². The number of rotatable bonds is 1. The van der Waals surface area contributed by atoms with Crippen LogP contribution in [0.1, 0.15) is 13.3 Å². The fraction of sp³-hybridized carbons (Fsp3) is 0.889. The lowest BCUT2D eigenvalue weighted by Gasteiger charge is -2.21. The summed E-state index contributed by atoms with van der Waals surface area (Å²) in [6.45, 7) is 6.50. The molecule has 0 amide bonds. The minimum absolute atomic E-state index is 0.157. The van der Waals surface area contributed by atoms with Crippen molar-refractivity contribution in [2.75, 3.05) is 40.3 Å². The highest BCUT2D eigenvalue weighted by Gasteiger charge is 2.01. The normalized spacial score (nSPS) is 17.2. The van der Waals surface area contributed by atoms with Crippen molar-refractivity contribution in [3.63, 3.8) is 0 Å². The van der Waals surface area contributed by atoms with Crippen LogP contribution in [-0.4, -0.2) is 51.2 Å². The summed E-state index contributed by atoms with van der Waals surface area (Å²) >= 11 is 0. The summed E-state index contributed by atoms with van der Waals surface area (Å²) in [5.41, 5.74) is 0. The molecule has 1 N–H and O–H groups in total. The van der Waals surface area contributed by atoms with Gasteiger partial charge in [-0.1, -0.05) is 6.92 Å². The molecule has 4 heteroatoms. The van der Waals surface area contributed by atoms with Gasteiger partial charge in [-0.05, 0) is 7.05 Å². The Labute approximate surface area is 80.2 Å². The average Bonchev–Trinajstić information content (AvgIpc) is 2.19. The molecule has 0 aromatic rings. The Morgan fingerprint density at radius 1 is 1.46 bits per heavy atom. The minimum atomic E-state index is -0.157. The van der Waals surface area contributed by atoms with Crippen molar-refractivity contribution < 1.29 is 9.53 Å². The van der Waals surface area contributed by atoms with Crippen LogP contribution in [0.25, 0.3) is 0 Å². The second-order valence-corrected chi connectivity index (χ2v) is 2.98. The lowest BCUT2D eigenvalue weighted by atomic mass is 10.4. The highest BCUT2D eigenvalue weighted by Crippen LogP contribution is 1.83. The first kappa shape index (κ1) is 12.4. The molecule has 1 heterocycles. The van der Waals surface area contributed by atoms with Gasteiger partial charge in [0.15, 0.2) is 0 Å². The molecular formula is C9H20N2O2. The molecular weight excluding hydrogens is 168 g/mol. The molecule has 13 heavy (non-hydrogen) atoms. The fourth-order valence-corrected chi connectivity index (χ4v) is 0.921. The van der Waals surface area contributed by atoms with Gasteiger partial charge in [0.25, 0.3) is 0 Å². The van der Waals surface area contributed by atoms with Crippen molar-refractivity contribution in [3.05, 3.63) is 0 Å². The van der Waals surface area contributed by atoms with E-state index in [4.69, 9.17) is 0 Å². The molecule has 1 aliphatic heterocycles. The standard InChI is InChI=1S/C5H12N2.C4H8O2/c1-7-4-2-6-3-5-7;1-3-4(5)6-2/h6H,2-5H2,1H3;3H2,1-2H3. The first-order valence-corrected chi connectivity index (χ1v) is 4.66. The number of carbonyl (C=O) groups is 1. The number of piperazine rings is 1. The molecule has 1 aliphatic rings. The van der Waals surface area contributed by atoms with Crippen molar-refractivity contribution in [1.82, 2.24) is 10.2 Å². The van der Waals surface area contributed by atoms with Crippen LogP contribution in [0.3, 0.4) is 0 Å². The lowest BCUT2D eigenvalue weighted by Crippen LogP contribution is -2.40. The van der Waals surface area contributed by atoms with E-state index >= 15 is 0 Å². The molecule has 4 nitrogen and oxygen atoms in total. The number of methoxy groups -OCH3 is 1. The predicted molar refractivity (Wildman–Crippen MR) is 52.7 cm³/mol. The van der Waals surface area contributed by atoms with Gasteiger partial charge < -0.3 is 15.0 Å². The maximum Gasteiger partial charge on any atom is 0.305 e. The van der Waals surface area contributed by atoms with E-state index in [1.54, 1.807) is 6.92 Å². The maximum atomic E-state index is 9.96. The largest absolute Gasteiger partial charge is 0.469 e. The van der Waals surface area contributed by atoms with Crippen LogP contribution < -0.4 is 5.32 Å². The van der Waals surface area contributed by atoms with Gasteiger partial charge in [-0.3, -0.25) is 4.79 Å². The van der Waals surface area contributed by atoms with Gasteiger partial charge in [0, 0.05) is 32.6 Å². The van der Waals surface area contributed by atoms with Gasteiger partial charge >= 0.3 is 5.97 Å². The third kappa shape index (κ3) is 7.74. The zero-order chi connectivity index (χ0) is 10.1. The van der Waals surface area contributed by atoms with Gasteiger partial charge in [0.1, 0.15) is 0 Å². The molecule has 1 saturated heterocycles. The van der Waals surface area contributed by atoms with Crippen molar-refractivity contribution in [2.45, 2.75) is 13.3 Å². The van der Waals surface area contributed by atoms with E-state index in [2.05, 4.69) is 22.0 Å². The summed E-state index contributed by atoms with van der Waals surface area (Å²) in [5.74, 6) is -0.157. The molecule has 0 aromatic carbocycles. The van der Waals surface area contributed by atoms with Gasteiger partial charge in [-0.15, -0.1) is 0 Å². The molecule has 78 valence electrons. The number of hydrogen-bond acceptors (Lipinski definition) is 4. The summed E-state index contributed by atoms with van der Waals surface area (Å²) in [6, 6.07) is 0. The summed E-state index contributed by atoms with van der Waals surface area (Å²) in [5, 5.41) is 3.27. The maximum absolute atomic E-state index is 9.96. The third-order valence-electron chi connectivity index (χ3n) is 1.86. The van der Waals surface area contributed by atoms with Crippen LogP contribution in [0.4, 0.5) is 0 Å². The predicted octanol–water partition coefficient (Wildman–Crippen LogP) is 0.0908. The Kier molecular flexibility index (Phi) is 7.63. The number of ether oxygens (including phenoxy) is 1. The zero-order valence-corrected chi connectivity index (χ0v) is 8.80. The Hall–Kier alpha value is -0.610. The average molecular weight is 188 g/mol. The number of hydrogen-bond donors (Lipinski definition) is 1. The van der Waals surface area contributed by atoms with E-state index in [0.717, 1.165) is 13.1 Å². The second-order valence-electron chi connectivity index (χ2n) is 2.98. The van der Waals surface area contributed by atoms with Crippen molar-refractivity contribution in [3.8, 4) is 0 Å². The molecule has 0 unspecified atom stereocenters. The monoisotopic (exact) mass is 188 g/mol. The Morgan fingerprint density at radius 3 is 2.15 bits per heavy atom. The molecule has 1 rings (SSSR count). The molecule has 1 fully saturated rings. The molecule has 0 saturated carbocycles. The number of carbonyl (C=O) groups excluding carboxylic acids is 1. The third-order valence-corrected chi connectivity index (χ3v) is 1.86. The van der Waals surface area contributed by atoms with Gasteiger partial charge in [0.2, 0.25) is 0 Å². The van der Waals surface area contributed by atoms with E-state index in [9.17, 15) is 4.79 Å². The molecule has 0 spiro atoms. The van der Waals surface area contributed by atoms with Gasteiger partial charge in [-0.2, -0.15) is 0 Å². The topological polar surface area (TPSA) is 41.6 Å². The number of nitrogens with one attached hydrogen (secondary N) is 1. The van der Waals surface area contributed by atoms with Gasteiger partial charge in [-0.25, -0.2) is 0 Å². The zero-order valence-electron chi connectivity index (χ0n) is 8.80. The summed E-state index contributed by atoms with van der Waals surface area (Å²) in [7, 11) is 3.53. The molecule has 0 bridgehead atoms. The highest BCUT2D eigenvalue weighted by molar-refractivity contribution is 5.68. The molecule has 0 atom stereocenters. The Balaban J connectivity index is 0.000000226. The van der Waals surface area contributed by atoms with Crippen molar-refractivity contribution in [1.29, 1.82) is 0 Å². The smallest absolute Gasteiger partial charge is 0.305 e. The van der Waals surface area contributed by atoms with E-state index in [1.807, 2.05) is 0 Å². The summed E-state index contributed by atoms with van der Waals surface area (Å²) in [4.78, 5) is 12.3. The Morgan fingerprint density at radius 2 is 2.00 bits per heavy atom. The highest BCUT2D eigenvalue weighted by atomic mass is 16.5. The summed E-state index contributed by atoms with van der Waals surface area (Å²) < 4.78 is 4.26. The van der Waals surface area contributed by atoms with E-state index in [1.165, 1.54) is 20.2 Å². The Bertz CT molecular complexity index is 128. The first-order valence-electron chi connectivity index (χ1n) is 4.66. The van der Waals surface area contributed by atoms with E-state index in [0.29, 0.717) is 6.42 Å². The SMILES string of the molecule is CCC(=O)OC.CN1CCNCC1. The lowest BCUT2D eigenvalue weighted by molar-refractivity contribution is -0.140. The molecule has 0 aliphatic carbocycles. The number of nitrogens with zero attached hydrogens (tertiary/aromatic N) is 1. The minimum Gasteiger partial charge on any atom is -0.469 e. The molecule has 0 radical (unpaired) electrons. The van der Waals surface area contributed by atoms with Crippen LogP contribution in [0.15, 0.2) is 0 Å². The first-order chi connectivity index (χ1) is 6.20.